The average Bonchev–Trinajstić information content (AvgIpc) is 3.60. The minimum absolute atomic E-state index is 0.155. The summed E-state index contributed by atoms with van der Waals surface area (Å²) in [6.45, 7) is 2.35. The van der Waals surface area contributed by atoms with Gasteiger partial charge in [0.25, 0.3) is 5.91 Å². The molecule has 2 saturated carbocycles. The third kappa shape index (κ3) is 5.94. The number of pyridine rings is 1. The SMILES string of the molecule is CCOc1cncc(-c2cnc(C(=O)N[C@H](c3cc(NS(=O)(=O)C4CC4)ccn3)[C@H]3C[C@H](N(C)C)C3)s2)n1. The van der Waals surface area contributed by atoms with Gasteiger partial charge in [-0.2, -0.15) is 0 Å². The Balaban J connectivity index is 1.36. The summed E-state index contributed by atoms with van der Waals surface area (Å²) in [4.78, 5) is 33.7. The highest BCUT2D eigenvalue weighted by molar-refractivity contribution is 7.93. The van der Waals surface area contributed by atoms with Crippen LogP contribution in [-0.2, 0) is 10.0 Å². The van der Waals surface area contributed by atoms with E-state index in [4.69, 9.17) is 4.74 Å². The first-order valence-electron chi connectivity index (χ1n) is 12.6. The minimum Gasteiger partial charge on any atom is -0.477 e. The summed E-state index contributed by atoms with van der Waals surface area (Å²) in [6, 6.07) is 3.38. The van der Waals surface area contributed by atoms with Crippen LogP contribution in [0.4, 0.5) is 5.69 Å². The van der Waals surface area contributed by atoms with Crippen LogP contribution in [0.15, 0.2) is 36.9 Å². The number of aromatic nitrogens is 4. The molecule has 2 aliphatic rings. The van der Waals surface area contributed by atoms with Crippen molar-refractivity contribution in [2.45, 2.75) is 49.9 Å². The van der Waals surface area contributed by atoms with Gasteiger partial charge in [-0.25, -0.2) is 18.4 Å². The van der Waals surface area contributed by atoms with Gasteiger partial charge in [0.05, 0.1) is 46.6 Å². The average molecular weight is 558 g/mol. The topological polar surface area (TPSA) is 139 Å². The van der Waals surface area contributed by atoms with Gasteiger partial charge >= 0.3 is 0 Å². The zero-order chi connectivity index (χ0) is 26.9. The fourth-order valence-corrected chi connectivity index (χ4v) is 6.60. The number of hydrogen-bond donors (Lipinski definition) is 2. The van der Waals surface area contributed by atoms with Gasteiger partial charge in [0.15, 0.2) is 5.01 Å². The normalized spacial score (nSPS) is 20.0. The number of thiazole rings is 1. The molecule has 2 fully saturated rings. The van der Waals surface area contributed by atoms with Crippen molar-refractivity contribution in [3.8, 4) is 16.5 Å². The second-order valence-electron chi connectivity index (χ2n) is 9.82. The predicted molar refractivity (Wildman–Crippen MR) is 145 cm³/mol. The van der Waals surface area contributed by atoms with Crippen LogP contribution in [0.1, 0.15) is 54.1 Å². The van der Waals surface area contributed by atoms with Crippen molar-refractivity contribution < 1.29 is 17.9 Å². The molecule has 2 aliphatic carbocycles. The van der Waals surface area contributed by atoms with Crippen LogP contribution in [0.5, 0.6) is 5.88 Å². The van der Waals surface area contributed by atoms with Crippen LogP contribution in [0.25, 0.3) is 10.6 Å². The monoisotopic (exact) mass is 557 g/mol. The molecule has 0 bridgehead atoms. The summed E-state index contributed by atoms with van der Waals surface area (Å²) in [7, 11) is 0.673. The number of nitrogens with zero attached hydrogens (tertiary/aromatic N) is 5. The van der Waals surface area contributed by atoms with Crippen LogP contribution in [-0.4, -0.2) is 71.2 Å². The Bertz CT molecular complexity index is 1400. The summed E-state index contributed by atoms with van der Waals surface area (Å²) >= 11 is 1.22. The van der Waals surface area contributed by atoms with E-state index in [2.05, 4.69) is 34.9 Å². The van der Waals surface area contributed by atoms with E-state index in [1.807, 2.05) is 21.0 Å². The largest absolute Gasteiger partial charge is 0.477 e. The van der Waals surface area contributed by atoms with Gasteiger partial charge in [-0.3, -0.25) is 19.5 Å². The molecule has 2 N–H and O–H groups in total. The molecule has 5 rings (SSSR count). The van der Waals surface area contributed by atoms with Gasteiger partial charge in [-0.15, -0.1) is 11.3 Å². The molecule has 0 spiro atoms. The fourth-order valence-electron chi connectivity index (χ4n) is 4.45. The number of anilines is 1. The summed E-state index contributed by atoms with van der Waals surface area (Å²) < 4.78 is 33.0. The summed E-state index contributed by atoms with van der Waals surface area (Å²) in [5.74, 6) is 0.245. The van der Waals surface area contributed by atoms with Crippen molar-refractivity contribution in [1.82, 2.24) is 30.2 Å². The molecule has 3 heterocycles. The highest BCUT2D eigenvalue weighted by Gasteiger charge is 2.39. The van der Waals surface area contributed by atoms with E-state index in [1.165, 1.54) is 17.5 Å². The molecule has 1 amide bonds. The first-order valence-corrected chi connectivity index (χ1v) is 15.0. The molecule has 1 atom stereocenters. The van der Waals surface area contributed by atoms with E-state index in [9.17, 15) is 13.2 Å². The number of carbonyl (C=O) groups excluding carboxylic acids is 1. The van der Waals surface area contributed by atoms with Gasteiger partial charge in [-0.1, -0.05) is 0 Å². The molecular formula is C25H31N7O4S2. The second kappa shape index (κ2) is 10.9. The molecule has 202 valence electrons. The molecule has 13 heteroatoms. The molecular weight excluding hydrogens is 526 g/mol. The Morgan fingerprint density at radius 1 is 1.21 bits per heavy atom. The highest BCUT2D eigenvalue weighted by atomic mass is 32.2. The van der Waals surface area contributed by atoms with Crippen LogP contribution < -0.4 is 14.8 Å². The van der Waals surface area contributed by atoms with E-state index in [0.29, 0.717) is 58.3 Å². The van der Waals surface area contributed by atoms with E-state index in [1.54, 1.807) is 30.7 Å². The van der Waals surface area contributed by atoms with Crippen molar-refractivity contribution in [2.75, 3.05) is 25.4 Å². The standard InChI is InChI=1S/C25H31N7O4S2/c1-4-36-22-14-26-12-20(29-22)21-13-28-25(37-21)24(33)30-23(15-9-17(10-15)32(2)3)19-11-16(7-8-27-19)31-38(34,35)18-5-6-18/h7-8,11-15,17-18,23H,4-6,9-10H2,1-3H3,(H,27,31)(H,30,33)/t15-,17-,23-/m0/s1. The number of amides is 1. The van der Waals surface area contributed by atoms with Crippen molar-refractivity contribution in [3.63, 3.8) is 0 Å². The fraction of sp³-hybridized carbons (Fsp3) is 0.480. The van der Waals surface area contributed by atoms with Gasteiger partial charge in [-0.05, 0) is 64.8 Å². The van der Waals surface area contributed by atoms with Gasteiger partial charge in [0.2, 0.25) is 15.9 Å². The third-order valence-electron chi connectivity index (χ3n) is 6.82. The Kier molecular flexibility index (Phi) is 7.59. The maximum absolute atomic E-state index is 13.3. The first kappa shape index (κ1) is 26.4. The third-order valence-corrected chi connectivity index (χ3v) is 9.71. The van der Waals surface area contributed by atoms with Gasteiger partial charge < -0.3 is 15.0 Å². The Morgan fingerprint density at radius 3 is 2.71 bits per heavy atom. The molecule has 38 heavy (non-hydrogen) atoms. The zero-order valence-corrected chi connectivity index (χ0v) is 23.1. The van der Waals surface area contributed by atoms with Crippen LogP contribution in [0.2, 0.25) is 0 Å². The maximum Gasteiger partial charge on any atom is 0.280 e. The predicted octanol–water partition coefficient (Wildman–Crippen LogP) is 3.11. The number of hydrogen-bond acceptors (Lipinski definition) is 10. The zero-order valence-electron chi connectivity index (χ0n) is 21.5. The lowest BCUT2D eigenvalue weighted by Gasteiger charge is -2.43. The van der Waals surface area contributed by atoms with Gasteiger partial charge in [0, 0.05) is 18.4 Å². The van der Waals surface area contributed by atoms with Crippen molar-refractivity contribution in [3.05, 3.63) is 47.6 Å². The summed E-state index contributed by atoms with van der Waals surface area (Å²) in [5, 5.41) is 3.08. The van der Waals surface area contributed by atoms with E-state index < -0.39 is 16.1 Å². The Labute approximate surface area is 226 Å². The molecule has 0 saturated heterocycles. The quantitative estimate of drug-likeness (QED) is 0.364. The Hall–Kier alpha value is -3.16. The number of nitrogens with one attached hydrogen (secondary N) is 2. The minimum atomic E-state index is -3.41. The molecule has 0 radical (unpaired) electrons. The van der Waals surface area contributed by atoms with Crippen molar-refractivity contribution in [2.24, 2.45) is 5.92 Å². The number of carbonyl (C=O) groups is 1. The lowest BCUT2D eigenvalue weighted by atomic mass is 9.74. The van der Waals surface area contributed by atoms with E-state index >= 15 is 0 Å². The molecule has 0 aliphatic heterocycles. The van der Waals surface area contributed by atoms with E-state index in [0.717, 1.165) is 12.8 Å². The summed E-state index contributed by atoms with van der Waals surface area (Å²) in [6.07, 6.45) is 9.46. The van der Waals surface area contributed by atoms with E-state index in [-0.39, 0.29) is 17.1 Å². The van der Waals surface area contributed by atoms with Crippen molar-refractivity contribution >= 4 is 33.0 Å². The van der Waals surface area contributed by atoms with Gasteiger partial charge in [0.1, 0.15) is 5.69 Å². The molecule has 11 nitrogen and oxygen atoms in total. The second-order valence-corrected chi connectivity index (χ2v) is 12.8. The molecule has 0 unspecified atom stereocenters. The smallest absolute Gasteiger partial charge is 0.280 e. The van der Waals surface area contributed by atoms with Crippen LogP contribution in [0, 0.1) is 5.92 Å². The number of rotatable bonds is 11. The van der Waals surface area contributed by atoms with Crippen LogP contribution in [0.3, 0.4) is 0 Å². The number of ether oxygens (including phenoxy) is 1. The lowest BCUT2D eigenvalue weighted by molar-refractivity contribution is 0.0757. The maximum atomic E-state index is 13.3. The molecule has 3 aromatic rings. The number of sulfonamides is 1. The lowest BCUT2D eigenvalue weighted by Crippen LogP contribution is -2.47. The molecule has 3 aromatic heterocycles. The van der Waals surface area contributed by atoms with Crippen LogP contribution >= 0.6 is 11.3 Å². The Morgan fingerprint density at radius 2 is 2.00 bits per heavy atom. The van der Waals surface area contributed by atoms with Crippen molar-refractivity contribution in [1.29, 1.82) is 0 Å². The first-order chi connectivity index (χ1) is 18.2. The summed E-state index contributed by atoms with van der Waals surface area (Å²) in [5.41, 5.74) is 1.65. The molecule has 0 aromatic carbocycles. The highest BCUT2D eigenvalue weighted by Crippen LogP contribution is 2.40.